The highest BCUT2D eigenvalue weighted by Crippen LogP contribution is 2.34. The van der Waals surface area contributed by atoms with Crippen LogP contribution in [-0.2, 0) is 13.6 Å². The van der Waals surface area contributed by atoms with Crippen LogP contribution in [0.1, 0.15) is 5.56 Å². The van der Waals surface area contributed by atoms with Gasteiger partial charge in [0.15, 0.2) is 11.5 Å². The maximum Gasteiger partial charge on any atom is 0.203 e. The summed E-state index contributed by atoms with van der Waals surface area (Å²) in [6.07, 6.45) is 0. The third-order valence-corrected chi connectivity index (χ3v) is 4.42. The standard InChI is InChI=1S/C17H16BrN3O2/c1-21-14-9-12(18)5-6-13(14)20-17(21)19-10-11-3-2-4-15-16(11)23-8-7-22-15/h2-6,9H,7-8,10H2,1H3,(H,19,20). The fourth-order valence-corrected chi connectivity index (χ4v) is 3.12. The number of ether oxygens (including phenoxy) is 2. The van der Waals surface area contributed by atoms with Gasteiger partial charge in [0, 0.05) is 23.6 Å². The maximum atomic E-state index is 5.75. The highest BCUT2D eigenvalue weighted by Gasteiger charge is 2.16. The minimum Gasteiger partial charge on any atom is -0.486 e. The van der Waals surface area contributed by atoms with Crippen LogP contribution in [0.5, 0.6) is 11.5 Å². The Balaban J connectivity index is 1.61. The number of halogens is 1. The Morgan fingerprint density at radius 1 is 1.22 bits per heavy atom. The fourth-order valence-electron chi connectivity index (χ4n) is 2.77. The monoisotopic (exact) mass is 373 g/mol. The zero-order valence-electron chi connectivity index (χ0n) is 12.7. The molecule has 1 aromatic heterocycles. The van der Waals surface area contributed by atoms with Gasteiger partial charge in [0.25, 0.3) is 0 Å². The van der Waals surface area contributed by atoms with Crippen LogP contribution in [0.3, 0.4) is 0 Å². The van der Waals surface area contributed by atoms with Crippen LogP contribution in [0.4, 0.5) is 5.95 Å². The normalized spacial score (nSPS) is 13.3. The fraction of sp³-hybridized carbons (Fsp3) is 0.235. The van der Waals surface area contributed by atoms with E-state index >= 15 is 0 Å². The summed E-state index contributed by atoms with van der Waals surface area (Å²) in [5.41, 5.74) is 3.11. The molecule has 0 fully saturated rings. The highest BCUT2D eigenvalue weighted by atomic mass is 79.9. The topological polar surface area (TPSA) is 48.3 Å². The summed E-state index contributed by atoms with van der Waals surface area (Å²) in [6, 6.07) is 12.0. The van der Waals surface area contributed by atoms with Crippen LogP contribution in [0.2, 0.25) is 0 Å². The van der Waals surface area contributed by atoms with Crippen molar-refractivity contribution in [3.63, 3.8) is 0 Å². The second-order valence-electron chi connectivity index (χ2n) is 5.42. The first-order valence-electron chi connectivity index (χ1n) is 7.46. The lowest BCUT2D eigenvalue weighted by Gasteiger charge is -2.21. The van der Waals surface area contributed by atoms with Crippen LogP contribution >= 0.6 is 15.9 Å². The Kier molecular flexibility index (Phi) is 3.61. The van der Waals surface area contributed by atoms with E-state index in [4.69, 9.17) is 9.47 Å². The number of anilines is 1. The molecule has 6 heteroatoms. The molecule has 0 saturated carbocycles. The van der Waals surface area contributed by atoms with Crippen molar-refractivity contribution >= 4 is 32.9 Å². The van der Waals surface area contributed by atoms with Gasteiger partial charge in [0.05, 0.1) is 11.0 Å². The summed E-state index contributed by atoms with van der Waals surface area (Å²) in [5.74, 6) is 2.46. The third kappa shape index (κ3) is 2.63. The molecule has 0 atom stereocenters. The minimum atomic E-state index is 0.588. The molecule has 2 aromatic carbocycles. The predicted molar refractivity (Wildman–Crippen MR) is 93.2 cm³/mol. The number of fused-ring (bicyclic) bond motifs is 2. The molecule has 3 aromatic rings. The van der Waals surface area contributed by atoms with Crippen molar-refractivity contribution in [2.24, 2.45) is 7.05 Å². The summed E-state index contributed by atoms with van der Waals surface area (Å²) in [4.78, 5) is 4.64. The largest absolute Gasteiger partial charge is 0.486 e. The molecular formula is C17H16BrN3O2. The van der Waals surface area contributed by atoms with Gasteiger partial charge in [-0.15, -0.1) is 0 Å². The molecule has 0 amide bonds. The number of nitrogens with one attached hydrogen (secondary N) is 1. The predicted octanol–water partition coefficient (Wildman–Crippen LogP) is 3.72. The summed E-state index contributed by atoms with van der Waals surface area (Å²) in [5, 5.41) is 3.39. The number of hydrogen-bond donors (Lipinski definition) is 1. The lowest BCUT2D eigenvalue weighted by Crippen LogP contribution is -2.17. The Labute approximate surface area is 142 Å². The second-order valence-corrected chi connectivity index (χ2v) is 6.34. The van der Waals surface area contributed by atoms with E-state index in [-0.39, 0.29) is 0 Å². The van der Waals surface area contributed by atoms with Gasteiger partial charge < -0.3 is 19.4 Å². The number of para-hydroxylation sites is 1. The molecule has 1 N–H and O–H groups in total. The smallest absolute Gasteiger partial charge is 0.203 e. The average molecular weight is 374 g/mol. The van der Waals surface area contributed by atoms with E-state index in [0.29, 0.717) is 19.8 Å². The molecular weight excluding hydrogens is 358 g/mol. The first-order chi connectivity index (χ1) is 11.2. The Bertz CT molecular complexity index is 876. The SMILES string of the molecule is Cn1c(NCc2cccc3c2OCCO3)nc2ccc(Br)cc21. The van der Waals surface area contributed by atoms with Crippen LogP contribution in [0.15, 0.2) is 40.9 Å². The summed E-state index contributed by atoms with van der Waals surface area (Å²) >= 11 is 3.50. The number of hydrogen-bond acceptors (Lipinski definition) is 4. The van der Waals surface area contributed by atoms with Gasteiger partial charge in [-0.2, -0.15) is 0 Å². The minimum absolute atomic E-state index is 0.588. The summed E-state index contributed by atoms with van der Waals surface area (Å²) in [7, 11) is 2.00. The van der Waals surface area contributed by atoms with E-state index in [2.05, 4.69) is 32.3 Å². The van der Waals surface area contributed by atoms with Crippen molar-refractivity contribution in [2.75, 3.05) is 18.5 Å². The molecule has 1 aliphatic heterocycles. The Morgan fingerprint density at radius 2 is 2.09 bits per heavy atom. The van der Waals surface area contributed by atoms with E-state index in [1.54, 1.807) is 0 Å². The van der Waals surface area contributed by atoms with E-state index < -0.39 is 0 Å². The van der Waals surface area contributed by atoms with Crippen molar-refractivity contribution in [1.82, 2.24) is 9.55 Å². The zero-order valence-corrected chi connectivity index (χ0v) is 14.3. The molecule has 2 heterocycles. The van der Waals surface area contributed by atoms with Crippen molar-refractivity contribution in [3.8, 4) is 11.5 Å². The molecule has 118 valence electrons. The first-order valence-corrected chi connectivity index (χ1v) is 8.25. The van der Waals surface area contributed by atoms with Crippen molar-refractivity contribution in [1.29, 1.82) is 0 Å². The molecule has 23 heavy (non-hydrogen) atoms. The second kappa shape index (κ2) is 5.77. The lowest BCUT2D eigenvalue weighted by molar-refractivity contribution is 0.170. The molecule has 4 rings (SSSR count). The number of aromatic nitrogens is 2. The number of aryl methyl sites for hydroxylation is 1. The van der Waals surface area contributed by atoms with Crippen molar-refractivity contribution in [2.45, 2.75) is 6.54 Å². The van der Waals surface area contributed by atoms with Crippen LogP contribution in [0.25, 0.3) is 11.0 Å². The molecule has 0 radical (unpaired) electrons. The first kappa shape index (κ1) is 14.4. The third-order valence-electron chi connectivity index (χ3n) is 3.93. The van der Waals surface area contributed by atoms with Gasteiger partial charge >= 0.3 is 0 Å². The quantitative estimate of drug-likeness (QED) is 0.759. The summed E-state index contributed by atoms with van der Waals surface area (Å²) < 4.78 is 14.5. The van der Waals surface area contributed by atoms with Gasteiger partial charge in [-0.1, -0.05) is 28.1 Å². The molecule has 0 aliphatic carbocycles. The number of nitrogens with zero attached hydrogens (tertiary/aromatic N) is 2. The van der Waals surface area contributed by atoms with E-state index in [1.807, 2.05) is 41.9 Å². The highest BCUT2D eigenvalue weighted by molar-refractivity contribution is 9.10. The van der Waals surface area contributed by atoms with Crippen LogP contribution in [0, 0.1) is 0 Å². The van der Waals surface area contributed by atoms with Gasteiger partial charge in [-0.05, 0) is 24.3 Å². The maximum absolute atomic E-state index is 5.75. The van der Waals surface area contributed by atoms with Crippen LogP contribution < -0.4 is 14.8 Å². The van der Waals surface area contributed by atoms with E-state index in [1.165, 1.54) is 0 Å². The molecule has 5 nitrogen and oxygen atoms in total. The zero-order chi connectivity index (χ0) is 15.8. The molecule has 0 saturated heterocycles. The molecule has 0 spiro atoms. The average Bonchev–Trinajstić information content (AvgIpc) is 2.89. The van der Waals surface area contributed by atoms with Crippen molar-refractivity contribution in [3.05, 3.63) is 46.4 Å². The van der Waals surface area contributed by atoms with Crippen molar-refractivity contribution < 1.29 is 9.47 Å². The number of benzene rings is 2. The number of rotatable bonds is 3. The van der Waals surface area contributed by atoms with Gasteiger partial charge in [0.2, 0.25) is 5.95 Å². The van der Waals surface area contributed by atoms with Gasteiger partial charge in [-0.25, -0.2) is 4.98 Å². The Hall–Kier alpha value is -2.21. The lowest BCUT2D eigenvalue weighted by atomic mass is 10.1. The van der Waals surface area contributed by atoms with Gasteiger partial charge in [0.1, 0.15) is 13.2 Å². The summed E-state index contributed by atoms with van der Waals surface area (Å²) in [6.45, 7) is 1.82. The van der Waals surface area contributed by atoms with E-state index in [0.717, 1.165) is 38.5 Å². The molecule has 1 aliphatic rings. The molecule has 0 unspecified atom stereocenters. The number of imidazole rings is 1. The van der Waals surface area contributed by atoms with E-state index in [9.17, 15) is 0 Å². The van der Waals surface area contributed by atoms with Crippen LogP contribution in [-0.4, -0.2) is 22.8 Å². The van der Waals surface area contributed by atoms with Gasteiger partial charge in [-0.3, -0.25) is 0 Å². The Morgan fingerprint density at radius 3 is 3.00 bits per heavy atom. The molecule has 0 bridgehead atoms.